The number of aromatic amines is 1. The predicted octanol–water partition coefficient (Wildman–Crippen LogP) is 1.41. The summed E-state index contributed by atoms with van der Waals surface area (Å²) in [5, 5.41) is 5.25. The van der Waals surface area contributed by atoms with Gasteiger partial charge in [0.2, 0.25) is 5.69 Å². The molecule has 1 aromatic heterocycles. The second-order valence-electron chi connectivity index (χ2n) is 6.70. The maximum absolute atomic E-state index is 12.9. The summed E-state index contributed by atoms with van der Waals surface area (Å²) in [7, 11) is -2.40. The van der Waals surface area contributed by atoms with Crippen LogP contribution in [0.5, 0.6) is 0 Å². The number of fused-ring (bicyclic) bond motifs is 1. The molecule has 0 saturated carbocycles. The van der Waals surface area contributed by atoms with E-state index in [-0.39, 0.29) is 22.8 Å². The number of sulfonamides is 1. The number of aromatic nitrogens is 2. The molecule has 1 aliphatic heterocycles. The Labute approximate surface area is 172 Å². The number of imidazole rings is 1. The standard InChI is InChI=1S/C19H18N6O4S/c1-24-10-15(18(26)22-13-7-3-2-6-12(13)20)21-17(24)11-25-19(27)23-14-8-4-5-9-16(14)30(25,28)29/h2-10H,11,20H2,1H3,(H2,22,23,26,27)/p+1. The average Bonchev–Trinajstić information content (AvgIpc) is 3.07. The SMILES string of the molecule is C[n+]1cc(C(=O)Nc2ccccc2N)[nH]c1CN1C(=O)Nc2ccccc2S1(=O)=O. The number of benzene rings is 2. The Kier molecular flexibility index (Phi) is 4.66. The molecule has 3 amide bonds. The summed E-state index contributed by atoms with van der Waals surface area (Å²) in [5.41, 5.74) is 7.13. The highest BCUT2D eigenvalue weighted by Crippen LogP contribution is 2.30. The van der Waals surface area contributed by atoms with Crippen LogP contribution in [0.3, 0.4) is 0 Å². The molecule has 0 atom stereocenters. The number of hydrogen-bond acceptors (Lipinski definition) is 5. The molecule has 0 fully saturated rings. The zero-order chi connectivity index (χ0) is 21.5. The van der Waals surface area contributed by atoms with Gasteiger partial charge in [-0.15, -0.1) is 0 Å². The van der Waals surface area contributed by atoms with Gasteiger partial charge in [-0.05, 0) is 24.3 Å². The molecule has 11 heteroatoms. The summed E-state index contributed by atoms with van der Waals surface area (Å²) in [4.78, 5) is 27.9. The van der Waals surface area contributed by atoms with Gasteiger partial charge in [-0.3, -0.25) is 4.79 Å². The van der Waals surface area contributed by atoms with Crippen molar-refractivity contribution in [2.75, 3.05) is 16.4 Å². The molecule has 3 aromatic rings. The Morgan fingerprint density at radius 2 is 1.87 bits per heavy atom. The molecule has 0 aliphatic carbocycles. The number of nitrogens with zero attached hydrogens (tertiary/aromatic N) is 2. The molecule has 0 unspecified atom stereocenters. The van der Waals surface area contributed by atoms with Gasteiger partial charge in [0, 0.05) is 0 Å². The van der Waals surface area contributed by atoms with Crippen LogP contribution in [0.25, 0.3) is 0 Å². The van der Waals surface area contributed by atoms with Gasteiger partial charge in [-0.1, -0.05) is 24.3 Å². The summed E-state index contributed by atoms with van der Waals surface area (Å²) in [6, 6.07) is 12.2. The normalized spacial score (nSPS) is 14.7. The van der Waals surface area contributed by atoms with Crippen LogP contribution >= 0.6 is 0 Å². The van der Waals surface area contributed by atoms with Gasteiger partial charge in [-0.25, -0.2) is 27.1 Å². The predicted molar refractivity (Wildman–Crippen MR) is 109 cm³/mol. The monoisotopic (exact) mass is 427 g/mol. The molecular weight excluding hydrogens is 408 g/mol. The Hall–Kier alpha value is -3.86. The Morgan fingerprint density at radius 1 is 1.17 bits per heavy atom. The van der Waals surface area contributed by atoms with Crippen molar-refractivity contribution in [1.29, 1.82) is 0 Å². The number of hydrogen-bond donors (Lipinski definition) is 4. The van der Waals surface area contributed by atoms with Crippen LogP contribution in [-0.2, 0) is 23.6 Å². The summed E-state index contributed by atoms with van der Waals surface area (Å²) in [6.45, 7) is -0.278. The van der Waals surface area contributed by atoms with E-state index >= 15 is 0 Å². The van der Waals surface area contributed by atoms with Crippen molar-refractivity contribution < 1.29 is 22.6 Å². The number of urea groups is 1. The third-order valence-electron chi connectivity index (χ3n) is 4.70. The van der Waals surface area contributed by atoms with Crippen LogP contribution in [0, 0.1) is 0 Å². The smallest absolute Gasteiger partial charge is 0.336 e. The molecular formula is C19H19N6O4S+. The van der Waals surface area contributed by atoms with Crippen LogP contribution in [0.15, 0.2) is 59.6 Å². The number of nitrogen functional groups attached to an aromatic ring is 1. The lowest BCUT2D eigenvalue weighted by atomic mass is 10.2. The van der Waals surface area contributed by atoms with E-state index in [1.165, 1.54) is 18.3 Å². The van der Waals surface area contributed by atoms with E-state index in [1.54, 1.807) is 48.0 Å². The minimum absolute atomic E-state index is 0.0105. The van der Waals surface area contributed by atoms with Crippen molar-refractivity contribution >= 4 is 39.0 Å². The van der Waals surface area contributed by atoms with Gasteiger partial charge in [-0.2, -0.15) is 0 Å². The van der Waals surface area contributed by atoms with E-state index in [1.807, 2.05) is 0 Å². The van der Waals surface area contributed by atoms with Gasteiger partial charge < -0.3 is 16.4 Å². The van der Waals surface area contributed by atoms with E-state index in [0.717, 1.165) is 4.31 Å². The van der Waals surface area contributed by atoms with Crippen molar-refractivity contribution in [3.63, 3.8) is 0 Å². The molecule has 0 saturated heterocycles. The third kappa shape index (κ3) is 3.35. The average molecular weight is 427 g/mol. The Morgan fingerprint density at radius 3 is 2.63 bits per heavy atom. The quantitative estimate of drug-likeness (QED) is 0.368. The van der Waals surface area contributed by atoms with Crippen molar-refractivity contribution in [3.8, 4) is 0 Å². The van der Waals surface area contributed by atoms with Crippen LogP contribution in [-0.4, -0.2) is 29.6 Å². The number of rotatable bonds is 4. The van der Waals surface area contributed by atoms with Crippen molar-refractivity contribution in [2.45, 2.75) is 11.4 Å². The number of amides is 3. The largest absolute Gasteiger partial charge is 0.397 e. The van der Waals surface area contributed by atoms with Crippen LogP contribution in [0.2, 0.25) is 0 Å². The number of para-hydroxylation sites is 3. The number of aryl methyl sites for hydroxylation is 1. The second-order valence-corrected chi connectivity index (χ2v) is 8.54. The van der Waals surface area contributed by atoms with Gasteiger partial charge in [0.05, 0.1) is 24.1 Å². The first-order chi connectivity index (χ1) is 14.3. The lowest BCUT2D eigenvalue weighted by molar-refractivity contribution is -0.678. The fourth-order valence-electron chi connectivity index (χ4n) is 3.11. The molecule has 154 valence electrons. The molecule has 2 aromatic carbocycles. The molecule has 30 heavy (non-hydrogen) atoms. The first-order valence-corrected chi connectivity index (χ1v) is 10.4. The van der Waals surface area contributed by atoms with Crippen LogP contribution in [0.4, 0.5) is 21.9 Å². The first kappa shape index (κ1) is 19.5. The number of nitrogens with two attached hydrogens (primary N) is 1. The molecule has 4 rings (SSSR count). The maximum Gasteiger partial charge on any atom is 0.336 e. The minimum Gasteiger partial charge on any atom is -0.397 e. The molecule has 10 nitrogen and oxygen atoms in total. The fraction of sp³-hybridized carbons (Fsp3) is 0.105. The maximum atomic E-state index is 12.9. The van der Waals surface area contributed by atoms with Crippen LogP contribution in [0.1, 0.15) is 16.3 Å². The van der Waals surface area contributed by atoms with Crippen molar-refractivity contribution in [2.24, 2.45) is 7.05 Å². The summed E-state index contributed by atoms with van der Waals surface area (Å²) >= 11 is 0. The molecule has 0 bridgehead atoms. The number of carbonyl (C=O) groups excluding carboxylic acids is 2. The molecule has 5 N–H and O–H groups in total. The van der Waals surface area contributed by atoms with E-state index in [4.69, 9.17) is 5.73 Å². The van der Waals surface area contributed by atoms with Crippen molar-refractivity contribution in [1.82, 2.24) is 9.29 Å². The van der Waals surface area contributed by atoms with Gasteiger partial charge in [0.15, 0.2) is 0 Å². The zero-order valence-corrected chi connectivity index (χ0v) is 16.7. The van der Waals surface area contributed by atoms with E-state index in [0.29, 0.717) is 17.2 Å². The van der Waals surface area contributed by atoms with E-state index in [9.17, 15) is 18.0 Å². The number of anilines is 3. The fourth-order valence-corrected chi connectivity index (χ4v) is 4.55. The Balaban J connectivity index is 1.59. The topological polar surface area (TPSA) is 141 Å². The second kappa shape index (κ2) is 7.19. The molecule has 1 aliphatic rings. The Bertz CT molecular complexity index is 1270. The van der Waals surface area contributed by atoms with Gasteiger partial charge in [0.25, 0.3) is 21.8 Å². The number of nitrogens with one attached hydrogen (secondary N) is 3. The highest BCUT2D eigenvalue weighted by molar-refractivity contribution is 7.90. The zero-order valence-electron chi connectivity index (χ0n) is 15.9. The summed E-state index contributed by atoms with van der Waals surface area (Å²) < 4.78 is 28.1. The van der Waals surface area contributed by atoms with Crippen LogP contribution < -0.4 is 20.9 Å². The summed E-state index contributed by atoms with van der Waals surface area (Å²) in [6.07, 6.45) is 1.51. The van der Waals surface area contributed by atoms with Gasteiger partial charge in [0.1, 0.15) is 17.6 Å². The van der Waals surface area contributed by atoms with Gasteiger partial charge >= 0.3 is 6.03 Å². The molecule has 0 radical (unpaired) electrons. The van der Waals surface area contributed by atoms with E-state index in [2.05, 4.69) is 15.6 Å². The first-order valence-electron chi connectivity index (χ1n) is 8.93. The number of carbonyl (C=O) groups is 2. The lowest BCUT2D eigenvalue weighted by Crippen LogP contribution is -2.46. The minimum atomic E-state index is -4.04. The highest BCUT2D eigenvalue weighted by atomic mass is 32.2. The highest BCUT2D eigenvalue weighted by Gasteiger charge is 2.38. The van der Waals surface area contributed by atoms with Crippen molar-refractivity contribution in [3.05, 3.63) is 66.2 Å². The van der Waals surface area contributed by atoms with E-state index < -0.39 is 22.0 Å². The summed E-state index contributed by atoms with van der Waals surface area (Å²) in [5.74, 6) is -0.106. The molecule has 0 spiro atoms. The lowest BCUT2D eigenvalue weighted by Gasteiger charge is -2.27. The third-order valence-corrected chi connectivity index (χ3v) is 6.48. The number of H-pyrrole nitrogens is 1. The molecule has 2 heterocycles.